The maximum atomic E-state index is 12.9. The number of carbonyl (C=O) groups is 1. The molecule has 150 valence electrons. The normalized spacial score (nSPS) is 15.9. The molecule has 0 fully saturated rings. The fourth-order valence-corrected chi connectivity index (χ4v) is 5.47. The van der Waals surface area contributed by atoms with Gasteiger partial charge in [-0.2, -0.15) is 4.31 Å². The zero-order chi connectivity index (χ0) is 20.3. The molecule has 1 aliphatic rings. The SMILES string of the molecule is CC(C)C(CS(=O)(=O)N1CCc2cc(-c3ccccc3)ccc2C1)C(=O)NO. The highest BCUT2D eigenvalue weighted by Crippen LogP contribution is 2.28. The second-order valence-electron chi connectivity index (χ2n) is 7.54. The molecule has 0 aromatic heterocycles. The fraction of sp³-hybridized carbons (Fsp3) is 0.381. The Morgan fingerprint density at radius 1 is 1.11 bits per heavy atom. The predicted octanol–water partition coefficient (Wildman–Crippen LogP) is 2.82. The standard InChI is InChI=1S/C21H26N2O4S/c1-15(2)20(21(24)22-25)14-28(26,27)23-11-10-18-12-17(8-9-19(18)13-23)16-6-4-3-5-7-16/h3-9,12,15,20,25H,10-11,13-14H2,1-2H3,(H,22,24). The van der Waals surface area contributed by atoms with E-state index in [4.69, 9.17) is 5.21 Å². The first-order valence-electron chi connectivity index (χ1n) is 9.41. The Hall–Kier alpha value is -2.22. The van der Waals surface area contributed by atoms with Gasteiger partial charge in [-0.25, -0.2) is 13.9 Å². The van der Waals surface area contributed by atoms with Crippen LogP contribution in [0.25, 0.3) is 11.1 Å². The van der Waals surface area contributed by atoms with Crippen molar-refractivity contribution in [2.45, 2.75) is 26.8 Å². The number of amides is 1. The molecule has 2 N–H and O–H groups in total. The first kappa shape index (κ1) is 20.5. The van der Waals surface area contributed by atoms with Gasteiger partial charge >= 0.3 is 0 Å². The molecule has 0 bridgehead atoms. The Bertz CT molecular complexity index is 942. The van der Waals surface area contributed by atoms with Gasteiger partial charge in [-0.15, -0.1) is 0 Å². The molecule has 1 heterocycles. The van der Waals surface area contributed by atoms with Crippen molar-refractivity contribution in [3.05, 3.63) is 59.7 Å². The van der Waals surface area contributed by atoms with E-state index in [0.29, 0.717) is 19.5 Å². The lowest BCUT2D eigenvalue weighted by atomic mass is 9.95. The second-order valence-corrected chi connectivity index (χ2v) is 9.55. The molecule has 1 aliphatic heterocycles. The van der Waals surface area contributed by atoms with Crippen molar-refractivity contribution < 1.29 is 18.4 Å². The van der Waals surface area contributed by atoms with Crippen LogP contribution in [0.3, 0.4) is 0 Å². The van der Waals surface area contributed by atoms with Crippen molar-refractivity contribution in [3.63, 3.8) is 0 Å². The lowest BCUT2D eigenvalue weighted by Crippen LogP contribution is -2.43. The van der Waals surface area contributed by atoms with Crippen LogP contribution in [-0.2, 0) is 27.8 Å². The van der Waals surface area contributed by atoms with Gasteiger partial charge in [-0.05, 0) is 34.6 Å². The highest BCUT2D eigenvalue weighted by atomic mass is 32.2. The van der Waals surface area contributed by atoms with Crippen LogP contribution in [0.2, 0.25) is 0 Å². The van der Waals surface area contributed by atoms with Gasteiger partial charge in [-0.3, -0.25) is 10.0 Å². The third-order valence-electron chi connectivity index (χ3n) is 5.33. The molecule has 0 radical (unpaired) electrons. The molecule has 7 heteroatoms. The van der Waals surface area contributed by atoms with Gasteiger partial charge in [0, 0.05) is 13.1 Å². The van der Waals surface area contributed by atoms with Gasteiger partial charge in [0.2, 0.25) is 15.9 Å². The summed E-state index contributed by atoms with van der Waals surface area (Å²) in [4.78, 5) is 11.8. The average Bonchev–Trinajstić information content (AvgIpc) is 2.71. The highest BCUT2D eigenvalue weighted by Gasteiger charge is 2.33. The van der Waals surface area contributed by atoms with E-state index in [-0.39, 0.29) is 11.7 Å². The maximum Gasteiger partial charge on any atom is 0.247 e. The number of carbonyl (C=O) groups excluding carboxylic acids is 1. The van der Waals surface area contributed by atoms with Crippen LogP contribution >= 0.6 is 0 Å². The van der Waals surface area contributed by atoms with Crippen LogP contribution in [0, 0.1) is 11.8 Å². The van der Waals surface area contributed by atoms with E-state index < -0.39 is 21.8 Å². The number of sulfonamides is 1. The Labute approximate surface area is 166 Å². The van der Waals surface area contributed by atoms with E-state index in [1.807, 2.05) is 30.3 Å². The zero-order valence-corrected chi connectivity index (χ0v) is 16.9. The Morgan fingerprint density at radius 2 is 1.82 bits per heavy atom. The topological polar surface area (TPSA) is 86.7 Å². The number of benzene rings is 2. The minimum atomic E-state index is -3.63. The number of nitrogens with zero attached hydrogens (tertiary/aromatic N) is 1. The maximum absolute atomic E-state index is 12.9. The first-order chi connectivity index (χ1) is 13.3. The Morgan fingerprint density at radius 3 is 2.46 bits per heavy atom. The Kier molecular flexibility index (Phi) is 6.17. The lowest BCUT2D eigenvalue weighted by Gasteiger charge is -2.30. The molecular weight excluding hydrogens is 376 g/mol. The molecule has 28 heavy (non-hydrogen) atoms. The van der Waals surface area contributed by atoms with Crippen molar-refractivity contribution in [2.75, 3.05) is 12.3 Å². The molecule has 3 rings (SSSR count). The zero-order valence-electron chi connectivity index (χ0n) is 16.1. The fourth-order valence-electron chi connectivity index (χ4n) is 3.56. The van der Waals surface area contributed by atoms with Gasteiger partial charge in [0.15, 0.2) is 0 Å². The molecule has 2 aromatic rings. The largest absolute Gasteiger partial charge is 0.289 e. The van der Waals surface area contributed by atoms with Crippen LogP contribution in [-0.4, -0.2) is 36.1 Å². The first-order valence-corrected chi connectivity index (χ1v) is 11.0. The average molecular weight is 403 g/mol. The number of hydrogen-bond acceptors (Lipinski definition) is 4. The van der Waals surface area contributed by atoms with Crippen molar-refractivity contribution in [1.82, 2.24) is 9.79 Å². The van der Waals surface area contributed by atoms with Gasteiger partial charge < -0.3 is 0 Å². The van der Waals surface area contributed by atoms with E-state index in [1.54, 1.807) is 19.3 Å². The minimum Gasteiger partial charge on any atom is -0.289 e. The summed E-state index contributed by atoms with van der Waals surface area (Å²) in [6.07, 6.45) is 0.633. The van der Waals surface area contributed by atoms with E-state index in [2.05, 4.69) is 18.2 Å². The summed E-state index contributed by atoms with van der Waals surface area (Å²) >= 11 is 0. The summed E-state index contributed by atoms with van der Waals surface area (Å²) in [6, 6.07) is 16.2. The van der Waals surface area contributed by atoms with E-state index in [1.165, 1.54) is 4.31 Å². The van der Waals surface area contributed by atoms with Gasteiger partial charge in [0.05, 0.1) is 11.7 Å². The highest BCUT2D eigenvalue weighted by molar-refractivity contribution is 7.89. The van der Waals surface area contributed by atoms with Crippen molar-refractivity contribution >= 4 is 15.9 Å². The number of hydroxylamine groups is 1. The van der Waals surface area contributed by atoms with Crippen molar-refractivity contribution in [1.29, 1.82) is 0 Å². The molecule has 1 atom stereocenters. The quantitative estimate of drug-likeness (QED) is 0.575. The van der Waals surface area contributed by atoms with Crippen LogP contribution in [0.4, 0.5) is 0 Å². The summed E-state index contributed by atoms with van der Waals surface area (Å²) < 4.78 is 27.2. The molecule has 0 saturated carbocycles. The van der Waals surface area contributed by atoms with E-state index in [0.717, 1.165) is 22.3 Å². The molecule has 0 saturated heterocycles. The number of fused-ring (bicyclic) bond motifs is 1. The molecule has 0 aliphatic carbocycles. The lowest BCUT2D eigenvalue weighted by molar-refractivity contribution is -0.134. The molecular formula is C21H26N2O4S. The Balaban J connectivity index is 1.78. The number of hydrogen-bond donors (Lipinski definition) is 2. The summed E-state index contributed by atoms with van der Waals surface area (Å²) in [6.45, 7) is 4.23. The number of rotatable bonds is 6. The summed E-state index contributed by atoms with van der Waals surface area (Å²) in [7, 11) is -3.63. The predicted molar refractivity (Wildman–Crippen MR) is 108 cm³/mol. The third-order valence-corrected chi connectivity index (χ3v) is 7.20. The van der Waals surface area contributed by atoms with Gasteiger partial charge in [0.1, 0.15) is 0 Å². The van der Waals surface area contributed by atoms with Crippen LogP contribution in [0.1, 0.15) is 25.0 Å². The minimum absolute atomic E-state index is 0.201. The molecule has 0 spiro atoms. The number of nitrogens with one attached hydrogen (secondary N) is 1. The van der Waals surface area contributed by atoms with Gasteiger partial charge in [-0.1, -0.05) is 62.4 Å². The molecule has 6 nitrogen and oxygen atoms in total. The van der Waals surface area contributed by atoms with Crippen LogP contribution in [0.15, 0.2) is 48.5 Å². The van der Waals surface area contributed by atoms with E-state index in [9.17, 15) is 13.2 Å². The summed E-state index contributed by atoms with van der Waals surface area (Å²) in [5.74, 6) is -1.97. The molecule has 2 aromatic carbocycles. The molecule has 1 unspecified atom stereocenters. The summed E-state index contributed by atoms with van der Waals surface area (Å²) in [5, 5.41) is 8.90. The molecule has 1 amide bonds. The second kappa shape index (κ2) is 8.43. The summed E-state index contributed by atoms with van der Waals surface area (Å²) in [5.41, 5.74) is 5.98. The van der Waals surface area contributed by atoms with Gasteiger partial charge in [0.25, 0.3) is 0 Å². The van der Waals surface area contributed by atoms with Crippen molar-refractivity contribution in [3.8, 4) is 11.1 Å². The van der Waals surface area contributed by atoms with Crippen molar-refractivity contribution in [2.24, 2.45) is 11.8 Å². The van der Waals surface area contributed by atoms with E-state index >= 15 is 0 Å². The monoisotopic (exact) mass is 402 g/mol. The van der Waals surface area contributed by atoms with Crippen LogP contribution in [0.5, 0.6) is 0 Å². The van der Waals surface area contributed by atoms with Crippen LogP contribution < -0.4 is 5.48 Å². The third kappa shape index (κ3) is 4.43. The smallest absolute Gasteiger partial charge is 0.247 e.